The first-order valence-electron chi connectivity index (χ1n) is 7.76. The third-order valence-electron chi connectivity index (χ3n) is 3.74. The minimum Gasteiger partial charge on any atom is -0.261 e. The summed E-state index contributed by atoms with van der Waals surface area (Å²) >= 11 is 0. The average molecular weight is 247 g/mol. The molecule has 0 aliphatic rings. The molecule has 0 saturated carbocycles. The lowest BCUT2D eigenvalue weighted by molar-refractivity contribution is 0.505. The minimum absolute atomic E-state index is 0.683. The van der Waals surface area contributed by atoms with Crippen LogP contribution in [0.1, 0.15) is 82.9 Å². The molecule has 0 N–H and O–H groups in total. The van der Waals surface area contributed by atoms with Crippen LogP contribution in [-0.2, 0) is 6.42 Å². The molecule has 0 aliphatic heterocycles. The molecule has 0 fully saturated rings. The monoisotopic (exact) mass is 247 g/mol. The Kier molecular flexibility index (Phi) is 7.71. The number of aromatic nitrogens is 1. The van der Waals surface area contributed by atoms with Gasteiger partial charge in [0, 0.05) is 17.8 Å². The van der Waals surface area contributed by atoms with E-state index in [1.54, 1.807) is 0 Å². The number of unbranched alkanes of at least 4 members (excludes halogenated alkanes) is 3. The largest absolute Gasteiger partial charge is 0.261 e. The highest BCUT2D eigenvalue weighted by atomic mass is 14.7. The van der Waals surface area contributed by atoms with Crippen molar-refractivity contribution in [3.05, 3.63) is 29.6 Å². The zero-order valence-electron chi connectivity index (χ0n) is 12.4. The van der Waals surface area contributed by atoms with Crippen molar-refractivity contribution >= 4 is 0 Å². The van der Waals surface area contributed by atoms with E-state index in [1.807, 2.05) is 0 Å². The molecule has 1 heteroatoms. The minimum atomic E-state index is 0.683. The van der Waals surface area contributed by atoms with Gasteiger partial charge in [0.15, 0.2) is 0 Å². The number of aryl methyl sites for hydroxylation is 1. The Morgan fingerprint density at radius 2 is 1.67 bits per heavy atom. The molecule has 0 radical (unpaired) electrons. The molecule has 1 nitrogen and oxygen atoms in total. The van der Waals surface area contributed by atoms with E-state index in [1.165, 1.54) is 56.2 Å². The highest BCUT2D eigenvalue weighted by Crippen LogP contribution is 2.26. The first-order chi connectivity index (χ1) is 8.81. The zero-order chi connectivity index (χ0) is 13.2. The van der Waals surface area contributed by atoms with Crippen LogP contribution >= 0.6 is 0 Å². The van der Waals surface area contributed by atoms with Gasteiger partial charge in [-0.05, 0) is 30.9 Å². The maximum Gasteiger partial charge on any atom is 0.0434 e. The van der Waals surface area contributed by atoms with Crippen molar-refractivity contribution in [2.75, 3.05) is 0 Å². The predicted octanol–water partition coefficient (Wildman–Crippen LogP) is 5.50. The van der Waals surface area contributed by atoms with Crippen LogP contribution in [0, 0.1) is 0 Å². The van der Waals surface area contributed by atoms with Crippen LogP contribution in [0.2, 0.25) is 0 Å². The lowest BCUT2D eigenvalue weighted by Gasteiger charge is -2.16. The topological polar surface area (TPSA) is 12.9 Å². The van der Waals surface area contributed by atoms with Gasteiger partial charge in [0.1, 0.15) is 0 Å². The summed E-state index contributed by atoms with van der Waals surface area (Å²) < 4.78 is 0. The molecule has 0 spiro atoms. The first-order valence-corrected chi connectivity index (χ1v) is 7.76. The normalized spacial score (nSPS) is 12.6. The van der Waals surface area contributed by atoms with Crippen molar-refractivity contribution in [1.29, 1.82) is 0 Å². The van der Waals surface area contributed by atoms with Gasteiger partial charge in [0.05, 0.1) is 0 Å². The Morgan fingerprint density at radius 1 is 0.944 bits per heavy atom. The molecule has 102 valence electrons. The van der Waals surface area contributed by atoms with Gasteiger partial charge < -0.3 is 0 Å². The molecule has 0 amide bonds. The van der Waals surface area contributed by atoms with Gasteiger partial charge in [-0.15, -0.1) is 0 Å². The Bertz CT molecular complexity index is 302. The van der Waals surface area contributed by atoms with Gasteiger partial charge in [-0.25, -0.2) is 0 Å². The van der Waals surface area contributed by atoms with E-state index in [9.17, 15) is 0 Å². The molecule has 1 rings (SSSR count). The zero-order valence-corrected chi connectivity index (χ0v) is 12.4. The van der Waals surface area contributed by atoms with Crippen molar-refractivity contribution in [2.45, 2.75) is 78.1 Å². The second-order valence-electron chi connectivity index (χ2n) is 5.28. The third-order valence-corrected chi connectivity index (χ3v) is 3.74. The Hall–Kier alpha value is -0.850. The second kappa shape index (κ2) is 9.13. The molecule has 0 saturated heterocycles. The molecule has 0 bridgehead atoms. The average Bonchev–Trinajstić information content (AvgIpc) is 2.43. The van der Waals surface area contributed by atoms with Crippen LogP contribution in [0.25, 0.3) is 0 Å². The van der Waals surface area contributed by atoms with Crippen LogP contribution in [0.15, 0.2) is 18.3 Å². The number of rotatable bonds is 9. The Balaban J connectivity index is 2.60. The maximum atomic E-state index is 4.68. The summed E-state index contributed by atoms with van der Waals surface area (Å²) in [5, 5.41) is 0. The van der Waals surface area contributed by atoms with Gasteiger partial charge in [-0.1, -0.05) is 58.9 Å². The predicted molar refractivity (Wildman–Crippen MR) is 80.0 cm³/mol. The molecule has 1 aromatic heterocycles. The molecule has 1 heterocycles. The fraction of sp³-hybridized carbons (Fsp3) is 0.706. The summed E-state index contributed by atoms with van der Waals surface area (Å²) in [4.78, 5) is 4.68. The molecule has 0 aromatic carbocycles. The fourth-order valence-corrected chi connectivity index (χ4v) is 2.42. The smallest absolute Gasteiger partial charge is 0.0434 e. The van der Waals surface area contributed by atoms with E-state index >= 15 is 0 Å². The molecule has 1 atom stereocenters. The Morgan fingerprint density at radius 3 is 2.22 bits per heavy atom. The van der Waals surface area contributed by atoms with Gasteiger partial charge in [0.25, 0.3) is 0 Å². The van der Waals surface area contributed by atoms with Crippen molar-refractivity contribution in [3.8, 4) is 0 Å². The van der Waals surface area contributed by atoms with Gasteiger partial charge >= 0.3 is 0 Å². The van der Waals surface area contributed by atoms with E-state index in [0.29, 0.717) is 5.92 Å². The Labute approximate surface area is 113 Å². The van der Waals surface area contributed by atoms with Crippen LogP contribution in [-0.4, -0.2) is 4.98 Å². The SMILES string of the molecule is CCCCCC(CCCC)c1ccc(CC)cn1. The van der Waals surface area contributed by atoms with Crippen LogP contribution < -0.4 is 0 Å². The van der Waals surface area contributed by atoms with Crippen molar-refractivity contribution in [3.63, 3.8) is 0 Å². The molecular weight excluding hydrogens is 218 g/mol. The quantitative estimate of drug-likeness (QED) is 0.525. The lowest BCUT2D eigenvalue weighted by Crippen LogP contribution is -2.02. The summed E-state index contributed by atoms with van der Waals surface area (Å²) in [7, 11) is 0. The van der Waals surface area contributed by atoms with Crippen LogP contribution in [0.4, 0.5) is 0 Å². The van der Waals surface area contributed by atoms with E-state index < -0.39 is 0 Å². The number of nitrogens with zero attached hydrogens (tertiary/aromatic N) is 1. The first kappa shape index (κ1) is 15.2. The summed E-state index contributed by atoms with van der Waals surface area (Å²) in [5.74, 6) is 0.683. The summed E-state index contributed by atoms with van der Waals surface area (Å²) in [6, 6.07) is 4.51. The highest BCUT2D eigenvalue weighted by Gasteiger charge is 2.12. The van der Waals surface area contributed by atoms with Crippen molar-refractivity contribution in [1.82, 2.24) is 4.98 Å². The standard InChI is InChI=1S/C17H29N/c1-4-7-9-11-16(10-8-5-2)17-13-12-15(6-3)14-18-17/h12-14,16H,4-11H2,1-3H3. The van der Waals surface area contributed by atoms with Crippen LogP contribution in [0.5, 0.6) is 0 Å². The molecule has 1 unspecified atom stereocenters. The molecule has 18 heavy (non-hydrogen) atoms. The molecule has 0 aliphatic carbocycles. The highest BCUT2D eigenvalue weighted by molar-refractivity contribution is 5.16. The maximum absolute atomic E-state index is 4.68. The van der Waals surface area contributed by atoms with Gasteiger partial charge in [-0.2, -0.15) is 0 Å². The third kappa shape index (κ3) is 5.20. The van der Waals surface area contributed by atoms with Crippen molar-refractivity contribution in [2.24, 2.45) is 0 Å². The van der Waals surface area contributed by atoms with Gasteiger partial charge in [-0.3, -0.25) is 4.98 Å². The van der Waals surface area contributed by atoms with Crippen molar-refractivity contribution < 1.29 is 0 Å². The second-order valence-corrected chi connectivity index (χ2v) is 5.28. The fourth-order valence-electron chi connectivity index (χ4n) is 2.42. The van der Waals surface area contributed by atoms with Crippen LogP contribution in [0.3, 0.4) is 0 Å². The number of hydrogen-bond acceptors (Lipinski definition) is 1. The summed E-state index contributed by atoms with van der Waals surface area (Å²) in [5.41, 5.74) is 2.67. The van der Waals surface area contributed by atoms with E-state index in [0.717, 1.165) is 6.42 Å². The molecule has 1 aromatic rings. The summed E-state index contributed by atoms with van der Waals surface area (Å²) in [6.07, 6.45) is 12.4. The lowest BCUT2D eigenvalue weighted by atomic mass is 9.92. The number of pyridine rings is 1. The summed E-state index contributed by atoms with van der Waals surface area (Å²) in [6.45, 7) is 6.73. The molecular formula is C17H29N. The van der Waals surface area contributed by atoms with E-state index in [4.69, 9.17) is 0 Å². The van der Waals surface area contributed by atoms with E-state index in [-0.39, 0.29) is 0 Å². The van der Waals surface area contributed by atoms with E-state index in [2.05, 4.69) is 44.1 Å². The van der Waals surface area contributed by atoms with Gasteiger partial charge in [0.2, 0.25) is 0 Å². The number of hydrogen-bond donors (Lipinski definition) is 0.